The Hall–Kier alpha value is -3.93. The first-order valence-electron chi connectivity index (χ1n) is 15.5. The Labute approximate surface area is 276 Å². The van der Waals surface area contributed by atoms with Gasteiger partial charge in [0.25, 0.3) is 0 Å². The number of nitrogens with two attached hydrogens (primary N) is 1. The molecule has 0 aromatic heterocycles. The van der Waals surface area contributed by atoms with Crippen LogP contribution in [0.1, 0.15) is 50.2 Å². The van der Waals surface area contributed by atoms with E-state index in [1.807, 2.05) is 6.92 Å². The molecule has 4 rings (SSSR count). The number of hydrogen-bond donors (Lipinski definition) is 4. The Balaban J connectivity index is 1.55. The molecule has 0 unspecified atom stereocenters. The number of likely N-dealkylation sites (tertiary alicyclic amines) is 1. The monoisotopic (exact) mass is 667 g/mol. The van der Waals surface area contributed by atoms with Gasteiger partial charge in [0.15, 0.2) is 0 Å². The number of nitrogens with zero attached hydrogens (tertiary/aromatic N) is 1. The third kappa shape index (κ3) is 9.31. The van der Waals surface area contributed by atoms with E-state index in [1.165, 1.54) is 12.1 Å². The molecule has 246 valence electrons. The lowest BCUT2D eigenvalue weighted by atomic mass is 9.91. The van der Waals surface area contributed by atoms with Crippen molar-refractivity contribution in [3.05, 3.63) is 82.9 Å². The maximum absolute atomic E-state index is 13.9. The number of carbonyl (C=O) groups excluding carboxylic acids is 2. The fraction of sp³-hybridized carbons (Fsp3) is 0.382. The van der Waals surface area contributed by atoms with E-state index in [9.17, 15) is 18.0 Å². The first-order chi connectivity index (χ1) is 22.0. The zero-order chi connectivity index (χ0) is 33.3. The highest BCUT2D eigenvalue weighted by molar-refractivity contribution is 7.89. The van der Waals surface area contributed by atoms with Crippen molar-refractivity contribution >= 4 is 39.3 Å². The molecule has 1 heterocycles. The van der Waals surface area contributed by atoms with Crippen LogP contribution in [-0.4, -0.2) is 63.8 Å². The van der Waals surface area contributed by atoms with Gasteiger partial charge in [0.1, 0.15) is 17.6 Å². The number of amidine groups is 1. The summed E-state index contributed by atoms with van der Waals surface area (Å²) in [4.78, 5) is 27.2. The summed E-state index contributed by atoms with van der Waals surface area (Å²) in [5.41, 5.74) is 8.11. The lowest BCUT2D eigenvalue weighted by Crippen LogP contribution is -2.51. The van der Waals surface area contributed by atoms with E-state index >= 15 is 0 Å². The number of sulfonamides is 1. The van der Waals surface area contributed by atoms with Crippen LogP contribution in [0.15, 0.2) is 71.6 Å². The minimum Gasteiger partial charge on any atom is -0.494 e. The number of piperidine rings is 1. The van der Waals surface area contributed by atoms with Crippen LogP contribution in [0, 0.1) is 11.3 Å². The summed E-state index contributed by atoms with van der Waals surface area (Å²) in [6.45, 7) is 3.37. The van der Waals surface area contributed by atoms with Gasteiger partial charge in [-0.2, -0.15) is 4.72 Å². The van der Waals surface area contributed by atoms with Crippen LogP contribution < -0.4 is 20.5 Å². The highest BCUT2D eigenvalue weighted by atomic mass is 35.5. The van der Waals surface area contributed by atoms with Crippen molar-refractivity contribution in [2.24, 2.45) is 11.7 Å². The predicted molar refractivity (Wildman–Crippen MR) is 181 cm³/mol. The number of ether oxygens (including phenoxy) is 1. The Kier molecular flexibility index (Phi) is 12.2. The molecule has 10 nitrogen and oxygen atoms in total. The van der Waals surface area contributed by atoms with E-state index in [0.717, 1.165) is 25.7 Å². The van der Waals surface area contributed by atoms with Crippen LogP contribution in [0.4, 0.5) is 0 Å². The molecular weight excluding hydrogens is 626 g/mol. The number of hydrogen-bond acceptors (Lipinski definition) is 6. The van der Waals surface area contributed by atoms with E-state index in [0.29, 0.717) is 65.1 Å². The second-order valence-corrected chi connectivity index (χ2v) is 13.5. The van der Waals surface area contributed by atoms with Gasteiger partial charge in [0.05, 0.1) is 16.5 Å². The van der Waals surface area contributed by atoms with Crippen molar-refractivity contribution in [3.8, 4) is 16.9 Å². The van der Waals surface area contributed by atoms with Crippen molar-refractivity contribution in [3.63, 3.8) is 0 Å². The summed E-state index contributed by atoms with van der Waals surface area (Å²) in [7, 11) is -2.53. The molecule has 0 radical (unpaired) electrons. The van der Waals surface area contributed by atoms with Crippen molar-refractivity contribution in [2.75, 3.05) is 26.7 Å². The average molecular weight is 668 g/mol. The van der Waals surface area contributed by atoms with Crippen LogP contribution in [-0.2, 0) is 26.0 Å². The summed E-state index contributed by atoms with van der Waals surface area (Å²) in [6, 6.07) is 17.5. The van der Waals surface area contributed by atoms with E-state index in [2.05, 4.69) is 10.0 Å². The number of amides is 2. The molecule has 3 aromatic carbocycles. The molecule has 12 heteroatoms. The highest BCUT2D eigenvalue weighted by Gasteiger charge is 2.32. The molecule has 5 N–H and O–H groups in total. The summed E-state index contributed by atoms with van der Waals surface area (Å²) in [5, 5.41) is 10.9. The summed E-state index contributed by atoms with van der Waals surface area (Å²) in [5.74, 6) is 0.600. The fourth-order valence-electron chi connectivity index (χ4n) is 5.69. The normalized spacial score (nSPS) is 14.5. The van der Waals surface area contributed by atoms with Crippen LogP contribution in [0.25, 0.3) is 11.1 Å². The van der Waals surface area contributed by atoms with Gasteiger partial charge in [0.2, 0.25) is 21.8 Å². The Morgan fingerprint density at radius 2 is 1.83 bits per heavy atom. The van der Waals surface area contributed by atoms with Crippen molar-refractivity contribution < 1.29 is 22.7 Å². The molecule has 0 bridgehead atoms. The zero-order valence-electron chi connectivity index (χ0n) is 26.2. The molecule has 2 amide bonds. The minimum atomic E-state index is -4.15. The molecule has 1 aliphatic rings. The lowest BCUT2D eigenvalue weighted by molar-refractivity contribution is -0.134. The van der Waals surface area contributed by atoms with Gasteiger partial charge in [-0.05, 0) is 92.5 Å². The number of nitrogens with one attached hydrogen (secondary N) is 3. The first-order valence-corrected chi connectivity index (χ1v) is 17.3. The van der Waals surface area contributed by atoms with E-state index in [1.54, 1.807) is 66.5 Å². The molecule has 0 aliphatic carbocycles. The maximum atomic E-state index is 13.9. The lowest BCUT2D eigenvalue weighted by Gasteiger charge is -2.34. The van der Waals surface area contributed by atoms with Crippen LogP contribution in [0.5, 0.6) is 5.75 Å². The number of halogens is 1. The first kappa shape index (κ1) is 34.9. The van der Waals surface area contributed by atoms with Gasteiger partial charge in [-0.1, -0.05) is 41.9 Å². The Bertz CT molecular complexity index is 1660. The third-order valence-corrected chi connectivity index (χ3v) is 9.98. The smallest absolute Gasteiger partial charge is 0.241 e. The summed E-state index contributed by atoms with van der Waals surface area (Å²) in [6.07, 6.45) is 3.81. The van der Waals surface area contributed by atoms with Gasteiger partial charge in [-0.15, -0.1) is 0 Å². The van der Waals surface area contributed by atoms with Crippen molar-refractivity contribution in [2.45, 2.75) is 56.4 Å². The van der Waals surface area contributed by atoms with Gasteiger partial charge in [0, 0.05) is 37.7 Å². The maximum Gasteiger partial charge on any atom is 0.241 e. The quantitative estimate of drug-likeness (QED) is 0.144. The Morgan fingerprint density at radius 3 is 2.50 bits per heavy atom. The van der Waals surface area contributed by atoms with E-state index in [-0.39, 0.29) is 29.0 Å². The molecule has 1 aliphatic heterocycles. The number of benzene rings is 3. The molecule has 1 saturated heterocycles. The SMILES string of the molecule is CCOc1ccc(-c2cccc(S(=O)(=O)N[C@@H](Cc3cccc(C(=N)N)c3)C(=O)N3CCC(CCCC(=O)NC)CC3)c2)c(Cl)c1. The minimum absolute atomic E-state index is 0.0000578. The molecule has 1 fully saturated rings. The number of rotatable bonds is 14. The summed E-state index contributed by atoms with van der Waals surface area (Å²) < 4.78 is 35.9. The van der Waals surface area contributed by atoms with Gasteiger partial charge in [-0.25, -0.2) is 8.42 Å². The molecule has 0 saturated carbocycles. The molecule has 46 heavy (non-hydrogen) atoms. The van der Waals surface area contributed by atoms with E-state index < -0.39 is 16.1 Å². The van der Waals surface area contributed by atoms with Crippen molar-refractivity contribution in [1.29, 1.82) is 5.41 Å². The number of nitrogen functional groups attached to an aromatic ring is 1. The van der Waals surface area contributed by atoms with Crippen LogP contribution in [0.2, 0.25) is 5.02 Å². The summed E-state index contributed by atoms with van der Waals surface area (Å²) >= 11 is 6.53. The zero-order valence-corrected chi connectivity index (χ0v) is 27.8. The molecule has 1 atom stereocenters. The number of carbonyl (C=O) groups is 2. The van der Waals surface area contributed by atoms with E-state index in [4.69, 9.17) is 27.5 Å². The standard InChI is InChI=1S/C34H42ClN5O5S/c1-3-45-27-13-14-29(30(35)22-27)25-9-6-11-28(21-25)46(43,44)39-31(20-24-8-4-10-26(19-24)33(36)37)34(42)40-17-15-23(16-18-40)7-5-12-32(41)38-2/h4,6,8-11,13-14,19,21-23,31,39H,3,5,7,12,15-18,20H2,1-2H3,(H3,36,37)(H,38,41)/t31-/m0/s1. The second-order valence-electron chi connectivity index (χ2n) is 11.4. The molecular formula is C34H42ClN5O5S. The van der Waals surface area contributed by atoms with Crippen LogP contribution >= 0.6 is 11.6 Å². The van der Waals surface area contributed by atoms with Gasteiger partial charge < -0.3 is 20.7 Å². The second kappa shape index (κ2) is 16.1. The van der Waals surface area contributed by atoms with Gasteiger partial charge >= 0.3 is 0 Å². The average Bonchev–Trinajstić information content (AvgIpc) is 3.04. The topological polar surface area (TPSA) is 155 Å². The van der Waals surface area contributed by atoms with Gasteiger partial charge in [-0.3, -0.25) is 15.0 Å². The van der Waals surface area contributed by atoms with Crippen molar-refractivity contribution in [1.82, 2.24) is 14.9 Å². The fourth-order valence-corrected chi connectivity index (χ4v) is 7.21. The third-order valence-electron chi connectivity index (χ3n) is 8.20. The Morgan fingerprint density at radius 1 is 1.09 bits per heavy atom. The molecule has 3 aromatic rings. The highest BCUT2D eigenvalue weighted by Crippen LogP contribution is 2.32. The predicted octanol–water partition coefficient (Wildman–Crippen LogP) is 4.73. The largest absolute Gasteiger partial charge is 0.494 e. The molecule has 0 spiro atoms. The van der Waals surface area contributed by atoms with Crippen LogP contribution in [0.3, 0.4) is 0 Å².